The minimum absolute atomic E-state index is 0.0378. The zero-order valence-corrected chi connectivity index (χ0v) is 20.8. The van der Waals surface area contributed by atoms with Crippen molar-refractivity contribution in [1.29, 1.82) is 0 Å². The summed E-state index contributed by atoms with van der Waals surface area (Å²) in [5.41, 5.74) is -0.142. The largest absolute Gasteiger partial charge is 0.495 e. The molecular weight excluding hydrogens is 526 g/mol. The lowest BCUT2D eigenvalue weighted by molar-refractivity contribution is -0.137. The van der Waals surface area contributed by atoms with Crippen molar-refractivity contribution in [3.05, 3.63) is 95.4 Å². The second-order valence-electron chi connectivity index (χ2n) is 8.25. The number of ether oxygens (including phenoxy) is 1. The summed E-state index contributed by atoms with van der Waals surface area (Å²) in [6, 6.07) is 15.1. The Hall–Kier alpha value is -4.16. The number of rotatable bonds is 6. The van der Waals surface area contributed by atoms with Crippen molar-refractivity contribution in [2.45, 2.75) is 18.0 Å². The molecular formula is C26H21F4N3O4S. The molecule has 3 N–H and O–H groups in total. The number of carbonyl (C=O) groups excluding carboxylic acids is 1. The van der Waals surface area contributed by atoms with Gasteiger partial charge < -0.3 is 14.6 Å². The highest BCUT2D eigenvalue weighted by Crippen LogP contribution is 2.38. The maximum absolute atomic E-state index is 13.9. The molecule has 4 rings (SSSR count). The van der Waals surface area contributed by atoms with E-state index in [1.165, 1.54) is 67.1 Å². The topological polar surface area (TPSA) is 103 Å². The van der Waals surface area contributed by atoms with Crippen molar-refractivity contribution >= 4 is 21.6 Å². The molecule has 1 heterocycles. The molecule has 0 spiro atoms. The highest BCUT2D eigenvalue weighted by molar-refractivity contribution is 7.89. The molecule has 0 bridgehead atoms. The zero-order chi connectivity index (χ0) is 27.8. The molecule has 0 aliphatic carbocycles. The number of amides is 1. The normalized spacial score (nSPS) is 11.9. The van der Waals surface area contributed by atoms with Gasteiger partial charge in [-0.15, -0.1) is 0 Å². The number of carbonyl (C=O) groups is 1. The Kier molecular flexibility index (Phi) is 7.04. The molecule has 12 heteroatoms. The van der Waals surface area contributed by atoms with Gasteiger partial charge in [0.05, 0.1) is 29.6 Å². The van der Waals surface area contributed by atoms with Gasteiger partial charge in [0.25, 0.3) is 5.91 Å². The smallest absolute Gasteiger partial charge is 0.418 e. The van der Waals surface area contributed by atoms with Crippen LogP contribution in [0.1, 0.15) is 21.6 Å². The van der Waals surface area contributed by atoms with E-state index in [0.29, 0.717) is 5.56 Å². The molecule has 4 aromatic rings. The van der Waals surface area contributed by atoms with Crippen LogP contribution in [0.15, 0.2) is 77.7 Å². The summed E-state index contributed by atoms with van der Waals surface area (Å²) < 4.78 is 85.1. The van der Waals surface area contributed by atoms with Gasteiger partial charge in [-0.3, -0.25) is 4.79 Å². The predicted molar refractivity (Wildman–Crippen MR) is 133 cm³/mol. The lowest BCUT2D eigenvalue weighted by Crippen LogP contribution is -2.16. The molecule has 0 aliphatic rings. The number of anilines is 1. The first kappa shape index (κ1) is 26.9. The number of hydrogen-bond acceptors (Lipinski definition) is 4. The van der Waals surface area contributed by atoms with E-state index < -0.39 is 33.5 Å². The van der Waals surface area contributed by atoms with Crippen LogP contribution in [-0.4, -0.2) is 26.0 Å². The molecule has 0 saturated carbocycles. The minimum atomic E-state index is -4.68. The number of nitrogens with two attached hydrogens (primary N) is 1. The van der Waals surface area contributed by atoms with Gasteiger partial charge >= 0.3 is 6.18 Å². The van der Waals surface area contributed by atoms with Gasteiger partial charge in [-0.25, -0.2) is 17.9 Å². The van der Waals surface area contributed by atoms with Crippen LogP contribution >= 0.6 is 0 Å². The summed E-state index contributed by atoms with van der Waals surface area (Å²) in [5, 5.41) is 7.78. The molecule has 0 atom stereocenters. The third-order valence-corrected chi connectivity index (χ3v) is 6.76. The van der Waals surface area contributed by atoms with Crippen LogP contribution in [0.3, 0.4) is 0 Å². The molecule has 198 valence electrons. The van der Waals surface area contributed by atoms with Gasteiger partial charge in [-0.05, 0) is 67.1 Å². The van der Waals surface area contributed by atoms with Crippen LogP contribution in [0, 0.1) is 12.7 Å². The van der Waals surface area contributed by atoms with Crippen molar-refractivity contribution < 1.29 is 35.5 Å². The first-order valence-electron chi connectivity index (χ1n) is 11.0. The number of halogens is 4. The highest BCUT2D eigenvalue weighted by atomic mass is 32.2. The molecule has 38 heavy (non-hydrogen) atoms. The number of methoxy groups -OCH3 is 1. The third kappa shape index (κ3) is 5.27. The number of nitrogens with one attached hydrogen (secondary N) is 1. The van der Waals surface area contributed by atoms with Gasteiger partial charge in [0.1, 0.15) is 16.5 Å². The van der Waals surface area contributed by atoms with E-state index in [-0.39, 0.29) is 39.0 Å². The summed E-state index contributed by atoms with van der Waals surface area (Å²) in [6.45, 7) is 1.49. The molecule has 0 unspecified atom stereocenters. The number of sulfonamides is 1. The molecule has 0 aliphatic heterocycles. The van der Waals surface area contributed by atoms with Crippen molar-refractivity contribution in [1.82, 2.24) is 4.57 Å². The fourth-order valence-corrected chi connectivity index (χ4v) is 4.75. The quantitative estimate of drug-likeness (QED) is 0.310. The number of primary sulfonamides is 1. The van der Waals surface area contributed by atoms with E-state index in [2.05, 4.69) is 5.32 Å². The van der Waals surface area contributed by atoms with Gasteiger partial charge in [0.15, 0.2) is 0 Å². The number of hydrogen-bond donors (Lipinski definition) is 2. The number of aromatic nitrogens is 1. The Labute approximate surface area is 215 Å². The van der Waals surface area contributed by atoms with E-state index in [1.54, 1.807) is 0 Å². The second-order valence-corrected chi connectivity index (χ2v) is 9.78. The number of alkyl halides is 3. The average molecular weight is 548 g/mol. The number of para-hydroxylation sites is 1. The maximum Gasteiger partial charge on any atom is 0.418 e. The molecule has 1 amide bonds. The first-order valence-corrected chi connectivity index (χ1v) is 12.5. The van der Waals surface area contributed by atoms with Crippen molar-refractivity contribution in [3.8, 4) is 22.7 Å². The van der Waals surface area contributed by atoms with Crippen LogP contribution in [-0.2, 0) is 16.2 Å². The zero-order valence-electron chi connectivity index (χ0n) is 20.0. The standard InChI is InChI=1S/C26H21F4N3O4S/c1-15-19(25(34)32-18-11-12-24(38(31,35)36)23(13-18)37-2)14-22(16-7-9-17(27)10-8-16)33(15)21-6-4-3-5-20(21)26(28,29)30/h3-14H,1-2H3,(H,32,34)(H2,31,35,36). The fraction of sp³-hybridized carbons (Fsp3) is 0.115. The average Bonchev–Trinajstić information content (AvgIpc) is 3.20. The SMILES string of the molecule is COc1cc(NC(=O)c2cc(-c3ccc(F)cc3)n(-c3ccccc3C(F)(F)F)c2C)ccc1S(N)(=O)=O. The monoisotopic (exact) mass is 547 g/mol. The van der Waals surface area contributed by atoms with Gasteiger partial charge in [-0.2, -0.15) is 13.2 Å². The lowest BCUT2D eigenvalue weighted by atomic mass is 10.1. The van der Waals surface area contributed by atoms with E-state index in [1.807, 2.05) is 0 Å². The van der Waals surface area contributed by atoms with Crippen molar-refractivity contribution in [2.75, 3.05) is 12.4 Å². The minimum Gasteiger partial charge on any atom is -0.495 e. The van der Waals surface area contributed by atoms with E-state index in [9.17, 15) is 30.8 Å². The molecule has 0 saturated heterocycles. The van der Waals surface area contributed by atoms with E-state index in [0.717, 1.165) is 24.3 Å². The molecule has 0 fully saturated rings. The number of nitrogens with zero attached hydrogens (tertiary/aromatic N) is 1. The fourth-order valence-electron chi connectivity index (χ4n) is 4.07. The highest BCUT2D eigenvalue weighted by Gasteiger charge is 2.35. The first-order chi connectivity index (χ1) is 17.8. The summed E-state index contributed by atoms with van der Waals surface area (Å²) in [5.74, 6) is -1.32. The van der Waals surface area contributed by atoms with E-state index in [4.69, 9.17) is 9.88 Å². The third-order valence-electron chi connectivity index (χ3n) is 5.81. The predicted octanol–water partition coefficient (Wildman–Crippen LogP) is 5.52. The molecule has 7 nitrogen and oxygen atoms in total. The van der Waals surface area contributed by atoms with Crippen molar-refractivity contribution in [2.24, 2.45) is 5.14 Å². The number of benzene rings is 3. The maximum atomic E-state index is 13.9. The van der Waals surface area contributed by atoms with Crippen LogP contribution in [0.5, 0.6) is 5.75 Å². The Morgan fingerprint density at radius 3 is 2.26 bits per heavy atom. The van der Waals surface area contributed by atoms with E-state index >= 15 is 0 Å². The molecule has 3 aromatic carbocycles. The lowest BCUT2D eigenvalue weighted by Gasteiger charge is -2.18. The summed E-state index contributed by atoms with van der Waals surface area (Å²) in [6.07, 6.45) is -4.68. The second kappa shape index (κ2) is 9.95. The van der Waals surface area contributed by atoms with Gasteiger partial charge in [-0.1, -0.05) is 12.1 Å². The van der Waals surface area contributed by atoms with Gasteiger partial charge in [0.2, 0.25) is 10.0 Å². The summed E-state index contributed by atoms with van der Waals surface area (Å²) in [7, 11) is -2.86. The Morgan fingerprint density at radius 2 is 1.66 bits per heavy atom. The summed E-state index contributed by atoms with van der Waals surface area (Å²) in [4.78, 5) is 13.0. The van der Waals surface area contributed by atoms with Crippen LogP contribution < -0.4 is 15.2 Å². The Balaban J connectivity index is 1.85. The Morgan fingerprint density at radius 1 is 1.00 bits per heavy atom. The molecule has 1 aromatic heterocycles. The Bertz CT molecular complexity index is 1630. The van der Waals surface area contributed by atoms with Crippen LogP contribution in [0.25, 0.3) is 16.9 Å². The van der Waals surface area contributed by atoms with Crippen LogP contribution in [0.4, 0.5) is 23.2 Å². The summed E-state index contributed by atoms with van der Waals surface area (Å²) >= 11 is 0. The van der Waals surface area contributed by atoms with Crippen LogP contribution in [0.2, 0.25) is 0 Å². The van der Waals surface area contributed by atoms with Gasteiger partial charge in [0, 0.05) is 17.4 Å². The molecule has 0 radical (unpaired) electrons. The van der Waals surface area contributed by atoms with Crippen molar-refractivity contribution in [3.63, 3.8) is 0 Å².